The van der Waals surface area contributed by atoms with Crippen molar-refractivity contribution in [3.63, 3.8) is 0 Å². The van der Waals surface area contributed by atoms with Gasteiger partial charge in [0.1, 0.15) is 48.8 Å². The molecule has 92 heavy (non-hydrogen) atoms. The van der Waals surface area contributed by atoms with Gasteiger partial charge in [-0.05, 0) is 64.2 Å². The van der Waals surface area contributed by atoms with E-state index in [1.54, 1.807) is 0 Å². The van der Waals surface area contributed by atoms with Crippen molar-refractivity contribution in [1.29, 1.82) is 0 Å². The van der Waals surface area contributed by atoms with Crippen LogP contribution in [0.2, 0.25) is 0 Å². The average Bonchev–Trinajstić information content (AvgIpc) is 0.915. The molecular formula is C78H141NO13. The molecule has 0 saturated carbocycles. The molecule has 536 valence electrons. The monoisotopic (exact) mass is 1300 g/mol. The molecule has 2 saturated heterocycles. The number of rotatable bonds is 63. The predicted octanol–water partition coefficient (Wildman–Crippen LogP) is 16.6. The van der Waals surface area contributed by atoms with Gasteiger partial charge in [-0.2, -0.15) is 0 Å². The fourth-order valence-corrected chi connectivity index (χ4v) is 12.4. The molecule has 9 N–H and O–H groups in total. The minimum Gasteiger partial charge on any atom is -0.394 e. The summed E-state index contributed by atoms with van der Waals surface area (Å²) in [6.45, 7) is 2.79. The number of aliphatic hydroxyl groups is 8. The van der Waals surface area contributed by atoms with Gasteiger partial charge in [0, 0.05) is 6.42 Å². The molecular weight excluding hydrogens is 1160 g/mol. The zero-order chi connectivity index (χ0) is 66.6. The van der Waals surface area contributed by atoms with Crippen LogP contribution >= 0.6 is 0 Å². The third-order valence-corrected chi connectivity index (χ3v) is 18.4. The van der Waals surface area contributed by atoms with Gasteiger partial charge in [0.05, 0.1) is 32.0 Å². The molecule has 0 bridgehead atoms. The number of hydrogen-bond donors (Lipinski definition) is 9. The largest absolute Gasteiger partial charge is 0.394 e. The number of nitrogens with one attached hydrogen (secondary N) is 1. The Hall–Kier alpha value is -2.57. The molecule has 14 nitrogen and oxygen atoms in total. The van der Waals surface area contributed by atoms with Crippen molar-refractivity contribution < 1.29 is 64.6 Å². The first-order valence-electron chi connectivity index (χ1n) is 38.2. The smallest absolute Gasteiger partial charge is 0.220 e. The normalized spacial score (nSPS) is 23.1. The molecule has 0 aliphatic carbocycles. The van der Waals surface area contributed by atoms with Crippen LogP contribution in [0.15, 0.2) is 72.9 Å². The lowest BCUT2D eigenvalue weighted by atomic mass is 9.97. The number of carbonyl (C=O) groups is 1. The number of allylic oxidation sites excluding steroid dienone is 12. The van der Waals surface area contributed by atoms with Crippen LogP contribution in [0.4, 0.5) is 0 Å². The third-order valence-electron chi connectivity index (χ3n) is 18.4. The average molecular weight is 1300 g/mol. The highest BCUT2D eigenvalue weighted by Crippen LogP contribution is 2.30. The van der Waals surface area contributed by atoms with Gasteiger partial charge in [0.25, 0.3) is 0 Å². The van der Waals surface area contributed by atoms with E-state index in [9.17, 15) is 45.6 Å². The van der Waals surface area contributed by atoms with Gasteiger partial charge in [0.2, 0.25) is 5.91 Å². The summed E-state index contributed by atoms with van der Waals surface area (Å²) in [7, 11) is 0. The highest BCUT2D eigenvalue weighted by molar-refractivity contribution is 5.76. The van der Waals surface area contributed by atoms with Gasteiger partial charge in [-0.25, -0.2) is 0 Å². The summed E-state index contributed by atoms with van der Waals surface area (Å²) in [6.07, 6.45) is 67.8. The molecule has 0 aromatic carbocycles. The number of carbonyl (C=O) groups excluding carboxylic acids is 1. The van der Waals surface area contributed by atoms with E-state index in [0.29, 0.717) is 12.8 Å². The van der Waals surface area contributed by atoms with Crippen LogP contribution in [0.3, 0.4) is 0 Å². The molecule has 2 aliphatic rings. The molecule has 12 unspecified atom stereocenters. The van der Waals surface area contributed by atoms with Crippen molar-refractivity contribution in [3.05, 3.63) is 72.9 Å². The standard InChI is InChI=1S/C78H141NO13/c1-3-5-7-9-11-13-15-17-19-21-23-25-26-27-28-29-30-31-32-33-34-35-36-37-38-39-40-42-44-46-48-50-52-54-56-58-60-62-70(83)79-66(67(82)61-59-57-55-53-51-49-47-45-43-41-24-22-20-18-16-14-12-10-8-6-4-2)65-89-77-75(88)73(86)76(69(64-81)91-77)92-78-74(87)72(85)71(84)68(63-80)90-78/h5,7,11,13,17,19,23,25,27-28,30-31,66-69,71-78,80-82,84-88H,3-4,6,8-10,12,14-16,18,20-22,24,26,29,32-65H2,1-2H3,(H,79,83)/b7-5-,13-11-,19-17-,25-23-,28-27-,31-30-. The number of aliphatic hydroxyl groups excluding tert-OH is 8. The minimum absolute atomic E-state index is 0.203. The van der Waals surface area contributed by atoms with Crippen LogP contribution < -0.4 is 5.32 Å². The second-order valence-electron chi connectivity index (χ2n) is 26.8. The summed E-state index contributed by atoms with van der Waals surface area (Å²) in [5.74, 6) is -0.203. The first kappa shape index (κ1) is 85.5. The van der Waals surface area contributed by atoms with Crippen molar-refractivity contribution >= 4 is 5.91 Å². The fraction of sp³-hybridized carbons (Fsp3) is 0.833. The lowest BCUT2D eigenvalue weighted by molar-refractivity contribution is -0.359. The summed E-state index contributed by atoms with van der Waals surface area (Å²) in [5, 5.41) is 87.7. The summed E-state index contributed by atoms with van der Waals surface area (Å²) in [4.78, 5) is 13.4. The Bertz CT molecular complexity index is 1820. The van der Waals surface area contributed by atoms with E-state index in [4.69, 9.17) is 18.9 Å². The van der Waals surface area contributed by atoms with Gasteiger partial charge in [-0.1, -0.05) is 324 Å². The van der Waals surface area contributed by atoms with E-state index < -0.39 is 86.8 Å². The van der Waals surface area contributed by atoms with Crippen LogP contribution in [0, 0.1) is 0 Å². The molecule has 0 spiro atoms. The van der Waals surface area contributed by atoms with Crippen LogP contribution in [-0.4, -0.2) is 140 Å². The van der Waals surface area contributed by atoms with Crippen molar-refractivity contribution in [1.82, 2.24) is 5.32 Å². The van der Waals surface area contributed by atoms with Crippen LogP contribution in [0.5, 0.6) is 0 Å². The Morgan fingerprint density at radius 3 is 1.15 bits per heavy atom. The van der Waals surface area contributed by atoms with Gasteiger partial charge < -0.3 is 65.1 Å². The minimum atomic E-state index is -1.78. The lowest BCUT2D eigenvalue weighted by Crippen LogP contribution is -2.65. The van der Waals surface area contributed by atoms with Gasteiger partial charge in [-0.15, -0.1) is 0 Å². The van der Waals surface area contributed by atoms with Crippen LogP contribution in [-0.2, 0) is 23.7 Å². The zero-order valence-corrected chi connectivity index (χ0v) is 58.5. The van der Waals surface area contributed by atoms with Crippen molar-refractivity contribution in [2.75, 3.05) is 19.8 Å². The Morgan fingerprint density at radius 1 is 0.402 bits per heavy atom. The number of unbranched alkanes of at least 4 members (excludes halogenated alkanes) is 38. The second kappa shape index (κ2) is 62.0. The topological polar surface area (TPSA) is 228 Å². The van der Waals surface area contributed by atoms with E-state index in [2.05, 4.69) is 92.1 Å². The van der Waals surface area contributed by atoms with Gasteiger partial charge in [0.15, 0.2) is 12.6 Å². The highest BCUT2D eigenvalue weighted by atomic mass is 16.7. The Kier molecular flexibility index (Phi) is 57.6. The molecule has 2 fully saturated rings. The quantitative estimate of drug-likeness (QED) is 0.0204. The summed E-state index contributed by atoms with van der Waals surface area (Å²) in [6, 6.07) is -0.831. The van der Waals surface area contributed by atoms with Crippen LogP contribution in [0.1, 0.15) is 322 Å². The summed E-state index contributed by atoms with van der Waals surface area (Å²) in [5.41, 5.74) is 0. The molecule has 0 radical (unpaired) electrons. The third kappa shape index (κ3) is 45.0. The van der Waals surface area contributed by atoms with E-state index in [1.165, 1.54) is 205 Å². The van der Waals surface area contributed by atoms with E-state index in [1.807, 2.05) is 0 Å². The first-order valence-corrected chi connectivity index (χ1v) is 38.2. The number of amides is 1. The first-order chi connectivity index (χ1) is 45.1. The molecule has 0 aromatic rings. The molecule has 1 amide bonds. The molecule has 12 atom stereocenters. The number of hydrogen-bond acceptors (Lipinski definition) is 13. The van der Waals surface area contributed by atoms with Gasteiger partial charge in [-0.3, -0.25) is 4.79 Å². The zero-order valence-electron chi connectivity index (χ0n) is 58.5. The fourth-order valence-electron chi connectivity index (χ4n) is 12.4. The van der Waals surface area contributed by atoms with E-state index in [-0.39, 0.29) is 12.5 Å². The SMILES string of the molecule is CC/C=C\C/C=C\C/C=C\C/C=C\C/C=C\C/C=C\CCCCCCCCCCCCCCCCCCCCC(=O)NC(COC1OC(CO)C(OC2OC(CO)C(O)C(O)C2O)C(O)C1O)C(O)CCCCCCCCCCCCCCCCCCCCCCC. The second-order valence-corrected chi connectivity index (χ2v) is 26.8. The Labute approximate surface area is 561 Å². The maximum Gasteiger partial charge on any atom is 0.220 e. The molecule has 2 aliphatic heterocycles. The Morgan fingerprint density at radius 2 is 0.750 bits per heavy atom. The van der Waals surface area contributed by atoms with E-state index in [0.717, 1.165) is 89.9 Å². The van der Waals surface area contributed by atoms with Gasteiger partial charge >= 0.3 is 0 Å². The molecule has 0 aromatic heterocycles. The maximum atomic E-state index is 13.4. The lowest BCUT2D eigenvalue weighted by Gasteiger charge is -2.46. The molecule has 2 rings (SSSR count). The van der Waals surface area contributed by atoms with Crippen LogP contribution in [0.25, 0.3) is 0 Å². The Balaban J connectivity index is 1.60. The molecule has 2 heterocycles. The number of ether oxygens (including phenoxy) is 4. The van der Waals surface area contributed by atoms with Crippen molar-refractivity contribution in [2.24, 2.45) is 0 Å². The van der Waals surface area contributed by atoms with Crippen molar-refractivity contribution in [2.45, 2.75) is 396 Å². The molecule has 14 heteroatoms. The highest BCUT2D eigenvalue weighted by Gasteiger charge is 2.51. The summed E-state index contributed by atoms with van der Waals surface area (Å²) < 4.78 is 23.0. The van der Waals surface area contributed by atoms with E-state index >= 15 is 0 Å². The summed E-state index contributed by atoms with van der Waals surface area (Å²) >= 11 is 0. The van der Waals surface area contributed by atoms with Crippen molar-refractivity contribution in [3.8, 4) is 0 Å². The predicted molar refractivity (Wildman–Crippen MR) is 378 cm³/mol. The maximum absolute atomic E-state index is 13.4.